The van der Waals surface area contributed by atoms with Gasteiger partial charge in [-0.25, -0.2) is 17.9 Å². The number of amides is 1. The van der Waals surface area contributed by atoms with Crippen LogP contribution in [0.3, 0.4) is 0 Å². The summed E-state index contributed by atoms with van der Waals surface area (Å²) in [6, 6.07) is 11.7. The summed E-state index contributed by atoms with van der Waals surface area (Å²) in [4.78, 5) is 25.5. The van der Waals surface area contributed by atoms with Gasteiger partial charge in [-0.05, 0) is 42.0 Å². The van der Waals surface area contributed by atoms with Crippen molar-refractivity contribution >= 4 is 56.7 Å². The third kappa shape index (κ3) is 9.05. The van der Waals surface area contributed by atoms with Crippen LogP contribution in [-0.2, 0) is 21.2 Å². The fraction of sp³-hybridized carbons (Fsp3) is 0.174. The fourth-order valence-electron chi connectivity index (χ4n) is 2.88. The smallest absolute Gasteiger partial charge is 0.490 e. The first-order valence-electron chi connectivity index (χ1n) is 10.1. The number of hydrogen-bond donors (Lipinski definition) is 2. The standard InChI is InChI=1S/C21H17Cl3N2O4S.C2HF3O2/c1-30-20-10-13(21(27)26-31(2,28)29)4-5-15(20)14-9-18(24)19(25-11-14)8-12-3-6-16(22)17(23)7-12;3-2(4,5)1(6)7/h3-7,9-11H,8H2,1-2H3,(H,26,27);(H,6,7). The number of rotatable bonds is 6. The molecule has 0 aliphatic heterocycles. The summed E-state index contributed by atoms with van der Waals surface area (Å²) in [7, 11) is -2.23. The summed E-state index contributed by atoms with van der Waals surface area (Å²) < 4.78 is 61.6. The molecule has 1 amide bonds. The van der Waals surface area contributed by atoms with Gasteiger partial charge in [0, 0.05) is 29.3 Å². The largest absolute Gasteiger partial charge is 0.496 e. The number of pyridine rings is 1. The van der Waals surface area contributed by atoms with Crippen LogP contribution in [0.4, 0.5) is 13.2 Å². The molecule has 0 fully saturated rings. The highest BCUT2D eigenvalue weighted by atomic mass is 35.5. The molecule has 0 unspecified atom stereocenters. The minimum atomic E-state index is -5.08. The van der Waals surface area contributed by atoms with Gasteiger partial charge in [0.2, 0.25) is 10.0 Å². The van der Waals surface area contributed by atoms with E-state index in [9.17, 15) is 26.4 Å². The Labute approximate surface area is 230 Å². The molecule has 3 aromatic rings. The molecule has 2 N–H and O–H groups in total. The number of carbonyl (C=O) groups is 2. The number of carboxylic acid groups (broad SMARTS) is 1. The monoisotopic (exact) mass is 612 g/mol. The van der Waals surface area contributed by atoms with Crippen molar-refractivity contribution in [3.05, 3.63) is 80.6 Å². The highest BCUT2D eigenvalue weighted by Gasteiger charge is 2.38. The lowest BCUT2D eigenvalue weighted by molar-refractivity contribution is -0.192. The number of carbonyl (C=O) groups excluding carboxylic acids is 1. The van der Waals surface area contributed by atoms with E-state index in [1.165, 1.54) is 19.2 Å². The molecular weight excluding hydrogens is 596 g/mol. The lowest BCUT2D eigenvalue weighted by atomic mass is 10.0. The average molecular weight is 614 g/mol. The summed E-state index contributed by atoms with van der Waals surface area (Å²) in [5.41, 5.74) is 3.03. The molecule has 15 heteroatoms. The molecule has 2 aromatic carbocycles. The Kier molecular flexibility index (Phi) is 10.4. The van der Waals surface area contributed by atoms with E-state index in [1.54, 1.807) is 30.5 Å². The van der Waals surface area contributed by atoms with Crippen molar-refractivity contribution in [3.63, 3.8) is 0 Å². The fourth-order valence-corrected chi connectivity index (χ4v) is 3.89. The highest BCUT2D eigenvalue weighted by molar-refractivity contribution is 7.89. The number of alkyl halides is 3. The van der Waals surface area contributed by atoms with E-state index in [0.717, 1.165) is 11.8 Å². The molecule has 1 aromatic heterocycles. The zero-order chi connectivity index (χ0) is 28.8. The quantitative estimate of drug-likeness (QED) is 0.369. The van der Waals surface area contributed by atoms with Gasteiger partial charge in [-0.15, -0.1) is 0 Å². The number of nitrogens with zero attached hydrogens (tertiary/aromatic N) is 1. The van der Waals surface area contributed by atoms with E-state index in [1.807, 2.05) is 10.8 Å². The SMILES string of the molecule is COc1cc(C(=O)NS(C)(=O)=O)ccc1-c1cnc(Cc2ccc(Cl)c(Cl)c2)c(Cl)c1.O=C(O)C(F)(F)F. The van der Waals surface area contributed by atoms with Gasteiger partial charge >= 0.3 is 12.1 Å². The molecule has 0 radical (unpaired) electrons. The molecule has 1 heterocycles. The van der Waals surface area contributed by atoms with Crippen LogP contribution in [0.5, 0.6) is 5.75 Å². The summed E-state index contributed by atoms with van der Waals surface area (Å²) in [6.07, 6.45) is -2.06. The van der Waals surface area contributed by atoms with Crippen molar-refractivity contribution in [2.24, 2.45) is 0 Å². The first-order valence-corrected chi connectivity index (χ1v) is 13.1. The molecule has 8 nitrogen and oxygen atoms in total. The summed E-state index contributed by atoms with van der Waals surface area (Å²) in [6.45, 7) is 0. The maximum atomic E-state index is 12.1. The Morgan fingerprint density at radius 2 is 1.66 bits per heavy atom. The predicted molar refractivity (Wildman–Crippen MR) is 137 cm³/mol. The lowest BCUT2D eigenvalue weighted by Gasteiger charge is -2.12. The van der Waals surface area contributed by atoms with Crippen molar-refractivity contribution in [2.45, 2.75) is 12.6 Å². The number of carboxylic acids is 1. The van der Waals surface area contributed by atoms with E-state index >= 15 is 0 Å². The van der Waals surface area contributed by atoms with Crippen molar-refractivity contribution < 1.29 is 41.0 Å². The van der Waals surface area contributed by atoms with E-state index in [-0.39, 0.29) is 5.56 Å². The van der Waals surface area contributed by atoms with Gasteiger partial charge in [0.25, 0.3) is 5.91 Å². The minimum absolute atomic E-state index is 0.140. The number of nitrogens with one attached hydrogen (secondary N) is 1. The van der Waals surface area contributed by atoms with E-state index in [4.69, 9.17) is 49.4 Å². The number of aliphatic carboxylic acids is 1. The first kappa shape index (κ1) is 31.2. The number of halogens is 6. The van der Waals surface area contributed by atoms with E-state index < -0.39 is 28.1 Å². The summed E-state index contributed by atoms with van der Waals surface area (Å²) in [5, 5.41) is 8.50. The second-order valence-corrected chi connectivity index (χ2v) is 10.5. The van der Waals surface area contributed by atoms with Crippen molar-refractivity contribution in [3.8, 4) is 16.9 Å². The van der Waals surface area contributed by atoms with Crippen LogP contribution in [-0.4, -0.2) is 49.9 Å². The molecule has 0 spiro atoms. The first-order chi connectivity index (χ1) is 17.5. The molecule has 0 saturated heterocycles. The van der Waals surface area contributed by atoms with Gasteiger partial charge in [0.1, 0.15) is 5.75 Å². The number of sulfonamides is 1. The Balaban J connectivity index is 0.000000638. The summed E-state index contributed by atoms with van der Waals surface area (Å²) >= 11 is 18.5. The lowest BCUT2D eigenvalue weighted by Crippen LogP contribution is -2.29. The Bertz CT molecular complexity index is 1470. The third-order valence-corrected chi connectivity index (χ3v) is 6.19. The maximum absolute atomic E-state index is 12.1. The zero-order valence-electron chi connectivity index (χ0n) is 19.4. The van der Waals surface area contributed by atoms with Gasteiger partial charge in [-0.1, -0.05) is 40.9 Å². The molecule has 0 aliphatic rings. The molecule has 0 atom stereocenters. The van der Waals surface area contributed by atoms with Crippen LogP contribution in [0, 0.1) is 0 Å². The summed E-state index contributed by atoms with van der Waals surface area (Å²) in [5.74, 6) is -3.13. The van der Waals surface area contributed by atoms with Crippen LogP contribution in [0.25, 0.3) is 11.1 Å². The second-order valence-electron chi connectivity index (χ2n) is 7.50. The third-order valence-electron chi connectivity index (χ3n) is 4.57. The molecule has 3 rings (SSSR count). The molecule has 38 heavy (non-hydrogen) atoms. The van der Waals surface area contributed by atoms with Crippen molar-refractivity contribution in [1.82, 2.24) is 9.71 Å². The van der Waals surface area contributed by atoms with Crippen LogP contribution < -0.4 is 9.46 Å². The maximum Gasteiger partial charge on any atom is 0.490 e. The van der Waals surface area contributed by atoms with Gasteiger partial charge in [-0.2, -0.15) is 13.2 Å². The van der Waals surface area contributed by atoms with Crippen molar-refractivity contribution in [1.29, 1.82) is 0 Å². The molecule has 0 aliphatic carbocycles. The van der Waals surface area contributed by atoms with E-state index in [2.05, 4.69) is 4.98 Å². The van der Waals surface area contributed by atoms with Crippen LogP contribution in [0.15, 0.2) is 48.7 Å². The predicted octanol–water partition coefficient (Wildman–Crippen LogP) is 5.63. The van der Waals surface area contributed by atoms with E-state index in [0.29, 0.717) is 44.1 Å². The second kappa shape index (κ2) is 12.7. The molecule has 0 saturated carbocycles. The van der Waals surface area contributed by atoms with Crippen LogP contribution in [0.1, 0.15) is 21.6 Å². The van der Waals surface area contributed by atoms with Crippen LogP contribution in [0.2, 0.25) is 15.1 Å². The topological polar surface area (TPSA) is 123 Å². The normalized spacial score (nSPS) is 11.3. The number of aromatic nitrogens is 1. The molecule has 0 bridgehead atoms. The Morgan fingerprint density at radius 1 is 1.03 bits per heavy atom. The average Bonchev–Trinajstić information content (AvgIpc) is 2.81. The Morgan fingerprint density at radius 3 is 2.16 bits per heavy atom. The van der Waals surface area contributed by atoms with Gasteiger partial charge in [0.15, 0.2) is 0 Å². The Hall–Kier alpha value is -3.06. The highest BCUT2D eigenvalue weighted by Crippen LogP contribution is 2.33. The molecule has 204 valence electrons. The van der Waals surface area contributed by atoms with Gasteiger partial charge in [-0.3, -0.25) is 9.78 Å². The number of benzene rings is 2. The van der Waals surface area contributed by atoms with Crippen molar-refractivity contribution in [2.75, 3.05) is 13.4 Å². The number of hydrogen-bond acceptors (Lipinski definition) is 6. The number of methoxy groups -OCH3 is 1. The number of ether oxygens (including phenoxy) is 1. The van der Waals surface area contributed by atoms with Gasteiger partial charge in [0.05, 0.1) is 34.1 Å². The molecular formula is C23H18Cl3F3N2O6S. The minimum Gasteiger partial charge on any atom is -0.496 e. The van der Waals surface area contributed by atoms with Gasteiger partial charge < -0.3 is 9.84 Å². The zero-order valence-corrected chi connectivity index (χ0v) is 22.5. The van der Waals surface area contributed by atoms with Crippen LogP contribution >= 0.6 is 34.8 Å².